The first kappa shape index (κ1) is 19.2. The Morgan fingerprint density at radius 1 is 0.893 bits per heavy atom. The lowest BCUT2D eigenvalue weighted by atomic mass is 10.2. The summed E-state index contributed by atoms with van der Waals surface area (Å²) in [5, 5.41) is 2.84. The Morgan fingerprint density at radius 3 is 2.11 bits per heavy atom. The first-order valence-corrected chi connectivity index (χ1v) is 8.94. The number of carbonyl (C=O) groups excluding carboxylic acids is 3. The Morgan fingerprint density at radius 2 is 1.50 bits per heavy atom. The normalized spacial score (nSPS) is 13.7. The van der Waals surface area contributed by atoms with Crippen molar-refractivity contribution in [2.45, 2.75) is 0 Å². The second-order valence-corrected chi connectivity index (χ2v) is 6.34. The van der Waals surface area contributed by atoms with Gasteiger partial charge in [-0.25, -0.2) is 4.79 Å². The maximum Gasteiger partial charge on any atom is 0.321 e. The first-order chi connectivity index (χ1) is 13.5. The summed E-state index contributed by atoms with van der Waals surface area (Å²) >= 11 is 0. The molecule has 8 heteroatoms. The van der Waals surface area contributed by atoms with Crippen molar-refractivity contribution in [3.8, 4) is 5.75 Å². The van der Waals surface area contributed by atoms with Crippen LogP contribution in [0.3, 0.4) is 0 Å². The third kappa shape index (κ3) is 5.00. The number of piperazine rings is 1. The molecule has 146 valence electrons. The molecular weight excluding hydrogens is 360 g/mol. The molecule has 1 aliphatic rings. The van der Waals surface area contributed by atoms with Gasteiger partial charge >= 0.3 is 6.03 Å². The Hall–Kier alpha value is -3.55. The summed E-state index contributed by atoms with van der Waals surface area (Å²) in [6.45, 7) is 1.71. The smallest absolute Gasteiger partial charge is 0.321 e. The molecule has 1 fully saturated rings. The number of amides is 4. The van der Waals surface area contributed by atoms with Crippen LogP contribution in [0.2, 0.25) is 0 Å². The minimum atomic E-state index is -0.517. The fourth-order valence-corrected chi connectivity index (χ4v) is 2.83. The van der Waals surface area contributed by atoms with Crippen LogP contribution in [0, 0.1) is 0 Å². The largest absolute Gasteiger partial charge is 0.484 e. The van der Waals surface area contributed by atoms with Crippen LogP contribution in [0.4, 0.5) is 10.5 Å². The number of para-hydroxylation sites is 1. The fourth-order valence-electron chi connectivity index (χ4n) is 2.83. The Kier molecular flexibility index (Phi) is 6.11. The predicted octanol–water partition coefficient (Wildman–Crippen LogP) is 1.54. The van der Waals surface area contributed by atoms with Gasteiger partial charge in [0.05, 0.1) is 0 Å². The van der Waals surface area contributed by atoms with E-state index in [0.717, 1.165) is 5.69 Å². The van der Waals surface area contributed by atoms with Crippen LogP contribution in [-0.4, -0.2) is 60.4 Å². The number of ether oxygens (including phenoxy) is 1. The topological polar surface area (TPSA) is 105 Å². The summed E-state index contributed by atoms with van der Waals surface area (Å²) in [5.74, 6) is -0.182. The molecule has 0 atom stereocenters. The minimum absolute atomic E-state index is 0.105. The number of rotatable bonds is 5. The highest BCUT2D eigenvalue weighted by Crippen LogP contribution is 2.13. The highest BCUT2D eigenvalue weighted by atomic mass is 16.5. The van der Waals surface area contributed by atoms with Crippen LogP contribution in [0.15, 0.2) is 54.6 Å². The van der Waals surface area contributed by atoms with Crippen LogP contribution in [0.1, 0.15) is 10.4 Å². The van der Waals surface area contributed by atoms with E-state index in [4.69, 9.17) is 10.5 Å². The quantitative estimate of drug-likeness (QED) is 0.818. The van der Waals surface area contributed by atoms with E-state index < -0.39 is 5.91 Å². The lowest BCUT2D eigenvalue weighted by molar-refractivity contribution is -0.134. The molecule has 0 aliphatic carbocycles. The number of nitrogens with zero attached hydrogens (tertiary/aromatic N) is 2. The molecule has 3 N–H and O–H groups in total. The predicted molar refractivity (Wildman–Crippen MR) is 104 cm³/mol. The summed E-state index contributed by atoms with van der Waals surface area (Å²) in [4.78, 5) is 39.0. The third-order valence-corrected chi connectivity index (χ3v) is 4.45. The Bertz CT molecular complexity index is 831. The average Bonchev–Trinajstić information content (AvgIpc) is 2.73. The van der Waals surface area contributed by atoms with E-state index in [1.807, 2.05) is 30.3 Å². The van der Waals surface area contributed by atoms with Gasteiger partial charge in [0, 0.05) is 37.4 Å². The molecule has 2 aromatic carbocycles. The SMILES string of the molecule is NC(=O)c1ccc(OCC(=O)N2CCN(C(=O)Nc3ccccc3)CC2)cc1. The van der Waals surface area contributed by atoms with Gasteiger partial charge in [-0.15, -0.1) is 0 Å². The highest BCUT2D eigenvalue weighted by Gasteiger charge is 2.24. The number of hydrogen-bond donors (Lipinski definition) is 2. The molecule has 0 unspecified atom stereocenters. The molecule has 0 bridgehead atoms. The number of nitrogens with two attached hydrogens (primary N) is 1. The zero-order chi connectivity index (χ0) is 19.9. The monoisotopic (exact) mass is 382 g/mol. The van der Waals surface area contributed by atoms with Crippen LogP contribution < -0.4 is 15.8 Å². The van der Waals surface area contributed by atoms with E-state index in [2.05, 4.69) is 5.32 Å². The van der Waals surface area contributed by atoms with E-state index in [1.165, 1.54) is 0 Å². The second-order valence-electron chi connectivity index (χ2n) is 6.34. The maximum atomic E-state index is 12.3. The molecule has 0 aromatic heterocycles. The van der Waals surface area contributed by atoms with Crippen molar-refractivity contribution < 1.29 is 19.1 Å². The highest BCUT2D eigenvalue weighted by molar-refractivity contribution is 5.92. The Labute approximate surface area is 162 Å². The number of nitrogens with one attached hydrogen (secondary N) is 1. The minimum Gasteiger partial charge on any atom is -0.484 e. The molecule has 28 heavy (non-hydrogen) atoms. The number of benzene rings is 2. The van der Waals surface area contributed by atoms with Crippen molar-refractivity contribution in [3.63, 3.8) is 0 Å². The van der Waals surface area contributed by atoms with Gasteiger partial charge in [0.25, 0.3) is 5.91 Å². The van der Waals surface area contributed by atoms with E-state index in [0.29, 0.717) is 37.5 Å². The van der Waals surface area contributed by atoms with Gasteiger partial charge in [0.15, 0.2) is 6.61 Å². The molecule has 0 saturated carbocycles. The Balaban J connectivity index is 1.43. The molecule has 1 saturated heterocycles. The van der Waals surface area contributed by atoms with Crippen molar-refractivity contribution in [1.29, 1.82) is 0 Å². The lowest BCUT2D eigenvalue weighted by Crippen LogP contribution is -2.52. The van der Waals surface area contributed by atoms with Crippen LogP contribution in [-0.2, 0) is 4.79 Å². The zero-order valence-electron chi connectivity index (χ0n) is 15.3. The van der Waals surface area contributed by atoms with Gasteiger partial charge in [-0.05, 0) is 36.4 Å². The molecule has 3 rings (SSSR count). The van der Waals surface area contributed by atoms with E-state index in [9.17, 15) is 14.4 Å². The standard InChI is InChI=1S/C20H22N4O4/c21-19(26)15-6-8-17(9-7-15)28-14-18(25)23-10-12-24(13-11-23)20(27)22-16-4-2-1-3-5-16/h1-9H,10-14H2,(H2,21,26)(H,22,27). The summed E-state index contributed by atoms with van der Waals surface area (Å²) in [6, 6.07) is 15.4. The zero-order valence-corrected chi connectivity index (χ0v) is 15.3. The van der Waals surface area contributed by atoms with Crippen molar-refractivity contribution in [2.24, 2.45) is 5.73 Å². The number of urea groups is 1. The number of hydrogen-bond acceptors (Lipinski definition) is 4. The average molecular weight is 382 g/mol. The van der Waals surface area contributed by atoms with Crippen LogP contribution in [0.25, 0.3) is 0 Å². The molecule has 0 spiro atoms. The van der Waals surface area contributed by atoms with E-state index in [1.54, 1.807) is 34.1 Å². The molecular formula is C20H22N4O4. The third-order valence-electron chi connectivity index (χ3n) is 4.45. The number of primary amides is 1. The summed E-state index contributed by atoms with van der Waals surface area (Å²) in [7, 11) is 0. The summed E-state index contributed by atoms with van der Waals surface area (Å²) in [6.07, 6.45) is 0. The van der Waals surface area contributed by atoms with Crippen LogP contribution >= 0.6 is 0 Å². The first-order valence-electron chi connectivity index (χ1n) is 8.94. The van der Waals surface area contributed by atoms with Crippen molar-refractivity contribution in [3.05, 3.63) is 60.2 Å². The summed E-state index contributed by atoms with van der Waals surface area (Å²) < 4.78 is 5.47. The van der Waals surface area contributed by atoms with Gasteiger partial charge in [-0.2, -0.15) is 0 Å². The fraction of sp³-hybridized carbons (Fsp3) is 0.250. The molecule has 4 amide bonds. The van der Waals surface area contributed by atoms with E-state index >= 15 is 0 Å². The van der Waals surface area contributed by atoms with Gasteiger partial charge in [0.1, 0.15) is 5.75 Å². The van der Waals surface area contributed by atoms with Gasteiger partial charge < -0.3 is 25.6 Å². The van der Waals surface area contributed by atoms with Crippen molar-refractivity contribution >= 4 is 23.5 Å². The number of carbonyl (C=O) groups is 3. The van der Waals surface area contributed by atoms with Crippen molar-refractivity contribution in [1.82, 2.24) is 9.80 Å². The van der Waals surface area contributed by atoms with Crippen molar-refractivity contribution in [2.75, 3.05) is 38.1 Å². The molecule has 2 aromatic rings. The second kappa shape index (κ2) is 8.90. The van der Waals surface area contributed by atoms with Gasteiger partial charge in [-0.1, -0.05) is 18.2 Å². The molecule has 1 heterocycles. The lowest BCUT2D eigenvalue weighted by Gasteiger charge is -2.34. The van der Waals surface area contributed by atoms with Gasteiger partial charge in [-0.3, -0.25) is 9.59 Å². The number of anilines is 1. The summed E-state index contributed by atoms with van der Waals surface area (Å²) in [5.41, 5.74) is 6.30. The molecule has 1 aliphatic heterocycles. The van der Waals surface area contributed by atoms with Crippen LogP contribution in [0.5, 0.6) is 5.75 Å². The molecule has 8 nitrogen and oxygen atoms in total. The molecule has 0 radical (unpaired) electrons. The van der Waals surface area contributed by atoms with Gasteiger partial charge in [0.2, 0.25) is 5.91 Å². The maximum absolute atomic E-state index is 12.3. The van der Waals surface area contributed by atoms with E-state index in [-0.39, 0.29) is 18.5 Å².